The molecular weight excluding hydrogens is 436 g/mol. The Kier molecular flexibility index (Phi) is 6.06. The van der Waals surface area contributed by atoms with Gasteiger partial charge in [-0.2, -0.15) is 4.31 Å². The molecule has 1 N–H and O–H groups in total. The summed E-state index contributed by atoms with van der Waals surface area (Å²) in [6, 6.07) is 13.3. The van der Waals surface area contributed by atoms with E-state index < -0.39 is 16.1 Å². The van der Waals surface area contributed by atoms with E-state index in [1.54, 1.807) is 36.0 Å². The van der Waals surface area contributed by atoms with E-state index in [2.05, 4.69) is 21.2 Å². The summed E-state index contributed by atoms with van der Waals surface area (Å²) in [4.78, 5) is 14.0. The van der Waals surface area contributed by atoms with Crippen molar-refractivity contribution >= 4 is 49.3 Å². The van der Waals surface area contributed by atoms with E-state index in [0.717, 1.165) is 9.37 Å². The zero-order valence-corrected chi connectivity index (χ0v) is 17.4. The van der Waals surface area contributed by atoms with E-state index in [9.17, 15) is 13.2 Å². The van der Waals surface area contributed by atoms with Crippen LogP contribution in [0.15, 0.2) is 62.8 Å². The van der Waals surface area contributed by atoms with Crippen molar-refractivity contribution in [2.45, 2.75) is 28.7 Å². The normalized spacial score (nSPS) is 18.0. The van der Waals surface area contributed by atoms with Crippen LogP contribution in [-0.2, 0) is 14.8 Å². The summed E-state index contributed by atoms with van der Waals surface area (Å²) >= 11 is 4.92. The molecule has 3 rings (SSSR count). The van der Waals surface area contributed by atoms with Crippen LogP contribution in [0.4, 0.5) is 5.69 Å². The molecular formula is C18H19BrN2O3S2. The van der Waals surface area contributed by atoms with E-state index in [0.29, 0.717) is 25.1 Å². The largest absolute Gasteiger partial charge is 0.325 e. The van der Waals surface area contributed by atoms with Crippen LogP contribution in [0.3, 0.4) is 0 Å². The van der Waals surface area contributed by atoms with Crippen molar-refractivity contribution in [3.05, 3.63) is 53.0 Å². The number of nitrogens with zero attached hydrogens (tertiary/aromatic N) is 1. The Bertz CT molecular complexity index is 884. The fourth-order valence-electron chi connectivity index (χ4n) is 2.93. The van der Waals surface area contributed by atoms with Crippen LogP contribution in [-0.4, -0.2) is 37.5 Å². The molecule has 1 saturated heterocycles. The summed E-state index contributed by atoms with van der Waals surface area (Å²) in [5.41, 5.74) is 0.667. The minimum atomic E-state index is -3.70. The summed E-state index contributed by atoms with van der Waals surface area (Å²) in [6.45, 7) is 0.349. The van der Waals surface area contributed by atoms with Crippen LogP contribution in [0.5, 0.6) is 0 Å². The molecule has 1 amide bonds. The number of sulfonamides is 1. The Labute approximate surface area is 166 Å². The molecule has 1 aliphatic rings. The highest BCUT2D eigenvalue weighted by Crippen LogP contribution is 2.28. The Hall–Kier alpha value is -1.35. The lowest BCUT2D eigenvalue weighted by Crippen LogP contribution is -2.43. The third-order valence-corrected chi connectivity index (χ3v) is 7.48. The van der Waals surface area contributed by atoms with Gasteiger partial charge in [0.1, 0.15) is 6.04 Å². The van der Waals surface area contributed by atoms with E-state index >= 15 is 0 Å². The first kappa shape index (κ1) is 19.4. The number of amides is 1. The molecule has 1 aliphatic heterocycles. The van der Waals surface area contributed by atoms with Crippen molar-refractivity contribution in [3.8, 4) is 0 Å². The van der Waals surface area contributed by atoms with Crippen LogP contribution >= 0.6 is 27.7 Å². The first-order valence-corrected chi connectivity index (χ1v) is 11.6. The van der Waals surface area contributed by atoms with Gasteiger partial charge in [-0.05, 0) is 67.6 Å². The van der Waals surface area contributed by atoms with Crippen molar-refractivity contribution in [1.29, 1.82) is 0 Å². The quantitative estimate of drug-likeness (QED) is 0.694. The summed E-state index contributed by atoms with van der Waals surface area (Å²) in [6.07, 6.45) is 3.17. The van der Waals surface area contributed by atoms with Gasteiger partial charge in [-0.25, -0.2) is 8.42 Å². The number of hydrogen-bond donors (Lipinski definition) is 1. The molecule has 0 unspecified atom stereocenters. The molecule has 2 aromatic carbocycles. The monoisotopic (exact) mass is 454 g/mol. The highest BCUT2D eigenvalue weighted by molar-refractivity contribution is 9.10. The smallest absolute Gasteiger partial charge is 0.243 e. The van der Waals surface area contributed by atoms with Crippen LogP contribution in [0.1, 0.15) is 12.8 Å². The van der Waals surface area contributed by atoms with Gasteiger partial charge >= 0.3 is 0 Å². The summed E-state index contributed by atoms with van der Waals surface area (Å²) < 4.78 is 28.0. The molecule has 8 heteroatoms. The molecule has 2 aromatic rings. The SMILES string of the molecule is CSc1ccc(NC(=O)[C@@H]2CCCN2S(=O)(=O)c2ccc(Br)cc2)cc1. The number of carbonyl (C=O) groups is 1. The zero-order valence-electron chi connectivity index (χ0n) is 14.2. The van der Waals surface area contributed by atoms with Crippen molar-refractivity contribution < 1.29 is 13.2 Å². The van der Waals surface area contributed by atoms with Gasteiger partial charge in [0.2, 0.25) is 15.9 Å². The number of carbonyl (C=O) groups excluding carboxylic acids is 1. The van der Waals surface area contributed by atoms with Gasteiger partial charge in [0, 0.05) is 21.6 Å². The van der Waals surface area contributed by atoms with Gasteiger partial charge in [0.25, 0.3) is 0 Å². The molecule has 5 nitrogen and oxygen atoms in total. The van der Waals surface area contributed by atoms with Crippen molar-refractivity contribution in [2.75, 3.05) is 18.1 Å². The van der Waals surface area contributed by atoms with Gasteiger partial charge in [0.15, 0.2) is 0 Å². The van der Waals surface area contributed by atoms with Crippen LogP contribution in [0.25, 0.3) is 0 Å². The maximum Gasteiger partial charge on any atom is 0.243 e. The number of thioether (sulfide) groups is 1. The highest BCUT2D eigenvalue weighted by Gasteiger charge is 2.39. The molecule has 1 atom stereocenters. The average molecular weight is 455 g/mol. The molecule has 0 spiro atoms. The number of nitrogens with one attached hydrogen (secondary N) is 1. The predicted molar refractivity (Wildman–Crippen MR) is 108 cm³/mol. The fourth-order valence-corrected chi connectivity index (χ4v) is 5.26. The maximum absolute atomic E-state index is 12.9. The van der Waals surface area contributed by atoms with Crippen LogP contribution in [0.2, 0.25) is 0 Å². The Morgan fingerprint density at radius 2 is 1.81 bits per heavy atom. The van der Waals surface area contributed by atoms with Crippen LogP contribution < -0.4 is 5.32 Å². The topological polar surface area (TPSA) is 66.5 Å². The summed E-state index contributed by atoms with van der Waals surface area (Å²) in [5.74, 6) is -0.292. The minimum absolute atomic E-state index is 0.199. The van der Waals surface area contributed by atoms with Crippen molar-refractivity contribution in [1.82, 2.24) is 4.31 Å². The molecule has 1 heterocycles. The molecule has 26 heavy (non-hydrogen) atoms. The maximum atomic E-state index is 12.9. The summed E-state index contributed by atoms with van der Waals surface area (Å²) in [7, 11) is -3.70. The third-order valence-electron chi connectivity index (χ3n) is 4.28. The van der Waals surface area contributed by atoms with Crippen molar-refractivity contribution in [2.24, 2.45) is 0 Å². The summed E-state index contributed by atoms with van der Waals surface area (Å²) in [5, 5.41) is 2.84. The van der Waals surface area contributed by atoms with Crippen molar-refractivity contribution in [3.63, 3.8) is 0 Å². The molecule has 0 bridgehead atoms. The molecule has 0 radical (unpaired) electrons. The first-order chi connectivity index (χ1) is 12.4. The lowest BCUT2D eigenvalue weighted by atomic mass is 10.2. The van der Waals surface area contributed by atoms with E-state index in [4.69, 9.17) is 0 Å². The average Bonchev–Trinajstić information content (AvgIpc) is 3.13. The van der Waals surface area contributed by atoms with Gasteiger partial charge in [0.05, 0.1) is 4.90 Å². The Morgan fingerprint density at radius 1 is 1.15 bits per heavy atom. The molecule has 0 aliphatic carbocycles. The lowest BCUT2D eigenvalue weighted by molar-refractivity contribution is -0.119. The number of hydrogen-bond acceptors (Lipinski definition) is 4. The van der Waals surface area contributed by atoms with Gasteiger partial charge in [-0.15, -0.1) is 11.8 Å². The molecule has 1 fully saturated rings. The number of anilines is 1. The van der Waals surface area contributed by atoms with Gasteiger partial charge in [-0.3, -0.25) is 4.79 Å². The highest BCUT2D eigenvalue weighted by atomic mass is 79.9. The number of benzene rings is 2. The second kappa shape index (κ2) is 8.12. The second-order valence-corrected chi connectivity index (χ2v) is 9.63. The number of rotatable bonds is 5. The van der Waals surface area contributed by atoms with Crippen LogP contribution in [0, 0.1) is 0 Å². The lowest BCUT2D eigenvalue weighted by Gasteiger charge is -2.23. The predicted octanol–water partition coefficient (Wildman–Crippen LogP) is 3.96. The Balaban J connectivity index is 1.78. The molecule has 138 valence electrons. The van der Waals surface area contributed by atoms with Gasteiger partial charge in [-0.1, -0.05) is 15.9 Å². The van der Waals surface area contributed by atoms with E-state index in [1.165, 1.54) is 4.31 Å². The minimum Gasteiger partial charge on any atom is -0.325 e. The standard InChI is InChI=1S/C18H19BrN2O3S2/c1-25-15-8-6-14(7-9-15)20-18(22)17-3-2-12-21(17)26(23,24)16-10-4-13(19)5-11-16/h4-11,17H,2-3,12H2,1H3,(H,20,22)/t17-/m0/s1. The molecule has 0 aromatic heterocycles. The number of halogens is 1. The first-order valence-electron chi connectivity index (χ1n) is 8.14. The van der Waals surface area contributed by atoms with Gasteiger partial charge < -0.3 is 5.32 Å². The molecule has 0 saturated carbocycles. The van der Waals surface area contributed by atoms with E-state index in [1.807, 2.05) is 30.5 Å². The fraction of sp³-hybridized carbons (Fsp3) is 0.278. The Morgan fingerprint density at radius 3 is 2.42 bits per heavy atom. The second-order valence-electron chi connectivity index (χ2n) is 5.95. The van der Waals surface area contributed by atoms with E-state index in [-0.39, 0.29) is 10.8 Å². The zero-order chi connectivity index (χ0) is 18.7. The third kappa shape index (κ3) is 4.14.